The normalized spacial score (nSPS) is 12.5. The Balaban J connectivity index is 2.36. The van der Waals surface area contributed by atoms with Crippen molar-refractivity contribution in [2.45, 2.75) is 5.38 Å². The second kappa shape index (κ2) is 5.38. The molecule has 2 rings (SSSR count). The van der Waals surface area contributed by atoms with E-state index in [-0.39, 0.29) is 11.2 Å². The Bertz CT molecular complexity index is 525. The van der Waals surface area contributed by atoms with E-state index in [9.17, 15) is 4.39 Å². The molecule has 0 aromatic heterocycles. The molecule has 0 N–H and O–H groups in total. The fourth-order valence-corrected chi connectivity index (χ4v) is 2.45. The fourth-order valence-electron chi connectivity index (χ4n) is 1.52. The highest BCUT2D eigenvalue weighted by Gasteiger charge is 2.14. The van der Waals surface area contributed by atoms with Crippen molar-refractivity contribution in [2.24, 2.45) is 0 Å². The lowest BCUT2D eigenvalue weighted by atomic mass is 10.0. The maximum Gasteiger partial charge on any atom is 0.124 e. The molecule has 0 aliphatic carbocycles. The zero-order chi connectivity index (χ0) is 12.4. The number of alkyl halides is 1. The number of benzene rings is 2. The first-order valence-electron chi connectivity index (χ1n) is 4.92. The van der Waals surface area contributed by atoms with E-state index in [1.807, 2.05) is 24.3 Å². The second-order valence-corrected chi connectivity index (χ2v) is 5.34. The Morgan fingerprint density at radius 2 is 1.71 bits per heavy atom. The van der Waals surface area contributed by atoms with Gasteiger partial charge in [-0.2, -0.15) is 0 Å². The van der Waals surface area contributed by atoms with E-state index >= 15 is 0 Å². The van der Waals surface area contributed by atoms with E-state index in [0.717, 1.165) is 10.0 Å². The van der Waals surface area contributed by atoms with E-state index in [0.29, 0.717) is 10.6 Å². The molecule has 4 heteroatoms. The van der Waals surface area contributed by atoms with Crippen LogP contribution in [0.2, 0.25) is 5.02 Å². The average Bonchev–Trinajstić information content (AvgIpc) is 2.29. The standard InChI is InChI=1S/C13H8BrCl2F/c14-9-3-1-8(2-4-9)13(16)11-6-5-10(17)7-12(11)15/h1-7,13H. The average molecular weight is 334 g/mol. The lowest BCUT2D eigenvalue weighted by Crippen LogP contribution is -1.94. The SMILES string of the molecule is Fc1ccc(C(Cl)c2ccc(Br)cc2)c(Cl)c1. The van der Waals surface area contributed by atoms with Gasteiger partial charge < -0.3 is 0 Å². The van der Waals surface area contributed by atoms with E-state index in [1.165, 1.54) is 12.1 Å². The van der Waals surface area contributed by atoms with Crippen LogP contribution in [0.25, 0.3) is 0 Å². The van der Waals surface area contributed by atoms with E-state index in [1.54, 1.807) is 6.07 Å². The van der Waals surface area contributed by atoms with Gasteiger partial charge in [0.15, 0.2) is 0 Å². The molecule has 0 fully saturated rings. The third-order valence-corrected chi connectivity index (χ3v) is 3.74. The molecule has 17 heavy (non-hydrogen) atoms. The topological polar surface area (TPSA) is 0 Å². The fraction of sp³-hybridized carbons (Fsp3) is 0.0769. The maximum absolute atomic E-state index is 12.9. The van der Waals surface area contributed by atoms with Gasteiger partial charge in [0.25, 0.3) is 0 Å². The summed E-state index contributed by atoms with van der Waals surface area (Å²) in [4.78, 5) is 0. The van der Waals surface area contributed by atoms with Gasteiger partial charge in [-0.3, -0.25) is 0 Å². The molecule has 0 saturated heterocycles. The molecule has 2 aromatic carbocycles. The lowest BCUT2D eigenvalue weighted by molar-refractivity contribution is 0.627. The van der Waals surface area contributed by atoms with Crippen molar-refractivity contribution >= 4 is 39.1 Å². The molecule has 0 bridgehead atoms. The van der Waals surface area contributed by atoms with Crippen LogP contribution in [-0.2, 0) is 0 Å². The summed E-state index contributed by atoms with van der Waals surface area (Å²) < 4.78 is 13.9. The second-order valence-electron chi connectivity index (χ2n) is 3.58. The van der Waals surface area contributed by atoms with E-state index < -0.39 is 0 Å². The molecular formula is C13H8BrCl2F. The van der Waals surface area contributed by atoms with E-state index in [2.05, 4.69) is 15.9 Å². The van der Waals surface area contributed by atoms with Crippen LogP contribution in [0, 0.1) is 5.82 Å². The smallest absolute Gasteiger partial charge is 0.124 e. The quantitative estimate of drug-likeness (QED) is 0.630. The maximum atomic E-state index is 12.9. The largest absolute Gasteiger partial charge is 0.207 e. The number of hydrogen-bond donors (Lipinski definition) is 0. The van der Waals surface area contributed by atoms with Crippen LogP contribution < -0.4 is 0 Å². The Morgan fingerprint density at radius 3 is 2.29 bits per heavy atom. The van der Waals surface area contributed by atoms with Crippen molar-refractivity contribution in [1.82, 2.24) is 0 Å². The Morgan fingerprint density at radius 1 is 1.06 bits per heavy atom. The summed E-state index contributed by atoms with van der Waals surface area (Å²) in [6.07, 6.45) is 0. The van der Waals surface area contributed by atoms with Gasteiger partial charge in [0.2, 0.25) is 0 Å². The van der Waals surface area contributed by atoms with Gasteiger partial charge in [-0.05, 0) is 35.4 Å². The van der Waals surface area contributed by atoms with Crippen LogP contribution in [0.3, 0.4) is 0 Å². The predicted molar refractivity (Wildman–Crippen MR) is 73.2 cm³/mol. The van der Waals surface area contributed by atoms with Crippen molar-refractivity contribution in [3.05, 3.63) is 68.9 Å². The Labute approximate surface area is 117 Å². The van der Waals surface area contributed by atoms with Gasteiger partial charge in [0.05, 0.1) is 5.38 Å². The minimum Gasteiger partial charge on any atom is -0.207 e. The molecule has 0 aliphatic heterocycles. The summed E-state index contributed by atoms with van der Waals surface area (Å²) in [5.41, 5.74) is 1.63. The van der Waals surface area contributed by atoms with E-state index in [4.69, 9.17) is 23.2 Å². The molecule has 0 saturated carbocycles. The van der Waals surface area contributed by atoms with Crippen molar-refractivity contribution in [3.63, 3.8) is 0 Å². The van der Waals surface area contributed by atoms with Crippen LogP contribution >= 0.6 is 39.1 Å². The number of rotatable bonds is 2. The number of halogens is 4. The zero-order valence-electron chi connectivity index (χ0n) is 8.63. The minimum absolute atomic E-state index is 0.341. The third-order valence-electron chi connectivity index (χ3n) is 2.40. The predicted octanol–water partition coefficient (Wildman–Crippen LogP) is 5.57. The summed E-state index contributed by atoms with van der Waals surface area (Å²) in [5, 5.41) is -0.0379. The molecule has 0 amide bonds. The molecule has 2 aromatic rings. The highest BCUT2D eigenvalue weighted by atomic mass is 79.9. The van der Waals surface area contributed by atoms with Crippen LogP contribution in [0.1, 0.15) is 16.5 Å². The van der Waals surface area contributed by atoms with Gasteiger partial charge in [-0.1, -0.05) is 45.7 Å². The lowest BCUT2D eigenvalue weighted by Gasteiger charge is -2.12. The molecule has 1 atom stereocenters. The van der Waals surface area contributed by atoms with Crippen LogP contribution in [0.5, 0.6) is 0 Å². The van der Waals surface area contributed by atoms with Crippen LogP contribution in [0.4, 0.5) is 4.39 Å². The molecule has 0 radical (unpaired) electrons. The molecular weight excluding hydrogens is 326 g/mol. The summed E-state index contributed by atoms with van der Waals surface area (Å²) in [7, 11) is 0. The molecule has 0 nitrogen and oxygen atoms in total. The first kappa shape index (κ1) is 12.9. The molecule has 1 unspecified atom stereocenters. The molecule has 0 heterocycles. The third kappa shape index (κ3) is 3.01. The summed E-state index contributed by atoms with van der Waals surface area (Å²) >= 11 is 15.6. The first-order chi connectivity index (χ1) is 8.08. The zero-order valence-corrected chi connectivity index (χ0v) is 11.7. The van der Waals surface area contributed by atoms with Crippen LogP contribution in [0.15, 0.2) is 46.9 Å². The van der Waals surface area contributed by atoms with Gasteiger partial charge in [-0.25, -0.2) is 4.39 Å². The Hall–Kier alpha value is -0.570. The summed E-state index contributed by atoms with van der Waals surface area (Å²) in [6.45, 7) is 0. The van der Waals surface area contributed by atoms with Gasteiger partial charge in [0.1, 0.15) is 5.82 Å². The highest BCUT2D eigenvalue weighted by Crippen LogP contribution is 2.34. The molecule has 0 spiro atoms. The molecule has 0 aliphatic rings. The highest BCUT2D eigenvalue weighted by molar-refractivity contribution is 9.10. The number of hydrogen-bond acceptors (Lipinski definition) is 0. The van der Waals surface area contributed by atoms with Crippen molar-refractivity contribution < 1.29 is 4.39 Å². The van der Waals surface area contributed by atoms with Crippen molar-refractivity contribution in [1.29, 1.82) is 0 Å². The van der Waals surface area contributed by atoms with Gasteiger partial charge in [0, 0.05) is 9.50 Å². The minimum atomic E-state index is -0.379. The Kier molecular flexibility index (Phi) is 4.08. The van der Waals surface area contributed by atoms with Crippen molar-refractivity contribution in [2.75, 3.05) is 0 Å². The van der Waals surface area contributed by atoms with Gasteiger partial charge >= 0.3 is 0 Å². The summed E-state index contributed by atoms with van der Waals surface area (Å²) in [5.74, 6) is -0.363. The summed E-state index contributed by atoms with van der Waals surface area (Å²) in [6, 6.07) is 11.9. The monoisotopic (exact) mass is 332 g/mol. The first-order valence-corrected chi connectivity index (χ1v) is 6.53. The molecule has 88 valence electrons. The van der Waals surface area contributed by atoms with Crippen molar-refractivity contribution in [3.8, 4) is 0 Å². The van der Waals surface area contributed by atoms with Gasteiger partial charge in [-0.15, -0.1) is 11.6 Å². The van der Waals surface area contributed by atoms with Crippen LogP contribution in [-0.4, -0.2) is 0 Å².